The molecule has 0 aromatic carbocycles. The van der Waals surface area contributed by atoms with Crippen molar-refractivity contribution in [3.63, 3.8) is 0 Å². The minimum absolute atomic E-state index is 0.0228. The first-order valence-electron chi connectivity index (χ1n) is 12.1. The van der Waals surface area contributed by atoms with E-state index in [9.17, 15) is 15.3 Å². The van der Waals surface area contributed by atoms with Gasteiger partial charge in [0.1, 0.15) is 31.0 Å². The molecule has 0 radical (unpaired) electrons. The van der Waals surface area contributed by atoms with Crippen LogP contribution in [0, 0.1) is 0 Å². The van der Waals surface area contributed by atoms with Crippen molar-refractivity contribution in [2.24, 2.45) is 0 Å². The minimum Gasteiger partial charge on any atom is -0.499 e. The fourth-order valence-electron chi connectivity index (χ4n) is 3.76. The van der Waals surface area contributed by atoms with E-state index in [1.54, 1.807) is 6.26 Å². The molecule has 0 amide bonds. The van der Waals surface area contributed by atoms with E-state index in [1.165, 1.54) is 89.9 Å². The van der Waals surface area contributed by atoms with Crippen molar-refractivity contribution in [3.05, 3.63) is 12.3 Å². The Balaban J connectivity index is 1.81. The molecule has 0 bridgehead atoms. The number of aliphatic hydroxyl groups excluding tert-OH is 3. The topological polar surface area (TPSA) is 79.2 Å². The van der Waals surface area contributed by atoms with Crippen LogP contribution in [0.4, 0.5) is 0 Å². The first kappa shape index (κ1) is 26.4. The number of aliphatic hydroxyl groups is 3. The van der Waals surface area contributed by atoms with Crippen LogP contribution in [0.15, 0.2) is 12.3 Å². The van der Waals surface area contributed by atoms with Gasteiger partial charge in [0.25, 0.3) is 0 Å². The molecule has 0 aromatic rings. The van der Waals surface area contributed by atoms with Crippen LogP contribution in [0.2, 0.25) is 0 Å². The van der Waals surface area contributed by atoms with Crippen LogP contribution in [-0.2, 0) is 9.47 Å². The van der Waals surface area contributed by atoms with Crippen LogP contribution in [0.3, 0.4) is 0 Å². The molecule has 1 aliphatic rings. The predicted molar refractivity (Wildman–Crippen MR) is 118 cm³/mol. The molecule has 1 heterocycles. The number of unbranched alkanes of at least 4 members (excludes halogenated alkanes) is 14. The van der Waals surface area contributed by atoms with Gasteiger partial charge in [0.15, 0.2) is 0 Å². The Morgan fingerprint density at radius 2 is 1.28 bits per heavy atom. The molecule has 1 rings (SSSR count). The third-order valence-corrected chi connectivity index (χ3v) is 5.78. The maximum absolute atomic E-state index is 9.81. The van der Waals surface area contributed by atoms with Gasteiger partial charge in [-0.2, -0.15) is 0 Å². The maximum Gasteiger partial charge on any atom is 0.120 e. The monoisotopic (exact) mass is 414 g/mol. The highest BCUT2D eigenvalue weighted by Gasteiger charge is 2.37. The van der Waals surface area contributed by atoms with E-state index in [-0.39, 0.29) is 13.2 Å². The third kappa shape index (κ3) is 13.3. The zero-order valence-corrected chi connectivity index (χ0v) is 18.6. The van der Waals surface area contributed by atoms with E-state index < -0.39 is 24.4 Å². The lowest BCUT2D eigenvalue weighted by atomic mass is 10.0. The normalized spacial score (nSPS) is 25.0. The van der Waals surface area contributed by atoms with Gasteiger partial charge in [-0.1, -0.05) is 90.4 Å². The molecule has 0 aliphatic carbocycles. The second-order valence-corrected chi connectivity index (χ2v) is 8.51. The molecule has 0 saturated carbocycles. The SMILES string of the molecule is CCCCCCCCCCCCCCCC/C=C/OC[C@H]1OC[C@H](O)[C@@H](O)[C@@H]1O. The summed E-state index contributed by atoms with van der Waals surface area (Å²) in [6.45, 7) is 2.48. The second-order valence-electron chi connectivity index (χ2n) is 8.51. The zero-order valence-electron chi connectivity index (χ0n) is 18.6. The highest BCUT2D eigenvalue weighted by Crippen LogP contribution is 2.16. The smallest absolute Gasteiger partial charge is 0.120 e. The first-order chi connectivity index (χ1) is 14.2. The summed E-state index contributed by atoms with van der Waals surface area (Å²) in [5, 5.41) is 28.8. The van der Waals surface area contributed by atoms with Gasteiger partial charge in [-0.3, -0.25) is 0 Å². The van der Waals surface area contributed by atoms with Crippen molar-refractivity contribution < 1.29 is 24.8 Å². The Morgan fingerprint density at radius 1 is 0.759 bits per heavy atom. The van der Waals surface area contributed by atoms with Crippen molar-refractivity contribution in [1.82, 2.24) is 0 Å². The van der Waals surface area contributed by atoms with E-state index in [2.05, 4.69) is 6.92 Å². The average Bonchev–Trinajstić information content (AvgIpc) is 2.72. The van der Waals surface area contributed by atoms with Crippen molar-refractivity contribution in [2.45, 2.75) is 128 Å². The number of rotatable bonds is 18. The standard InChI is InChI=1S/C24H46O5/c1-2-3-4-5-6-7-8-9-10-11-12-13-14-15-16-17-18-28-20-22-24(27)23(26)21(25)19-29-22/h17-18,21-27H,2-16,19-20H2,1H3/b18-17+/t21-,22+,23+,24+/m0/s1. The Kier molecular flexibility index (Phi) is 16.6. The van der Waals surface area contributed by atoms with E-state index >= 15 is 0 Å². The Labute approximate surface area is 178 Å². The lowest BCUT2D eigenvalue weighted by Crippen LogP contribution is -2.54. The summed E-state index contributed by atoms with van der Waals surface area (Å²) in [6.07, 6.45) is 19.9. The summed E-state index contributed by atoms with van der Waals surface area (Å²) < 4.78 is 10.7. The summed E-state index contributed by atoms with van der Waals surface area (Å²) >= 11 is 0. The summed E-state index contributed by atoms with van der Waals surface area (Å²) in [5.74, 6) is 0. The Hall–Kier alpha value is -0.620. The van der Waals surface area contributed by atoms with Gasteiger partial charge in [-0.15, -0.1) is 0 Å². The molecular weight excluding hydrogens is 368 g/mol. The number of allylic oxidation sites excluding steroid dienone is 1. The highest BCUT2D eigenvalue weighted by atomic mass is 16.6. The van der Waals surface area contributed by atoms with Crippen molar-refractivity contribution in [2.75, 3.05) is 13.2 Å². The molecule has 5 heteroatoms. The molecular formula is C24H46O5. The zero-order chi connectivity index (χ0) is 21.2. The third-order valence-electron chi connectivity index (χ3n) is 5.78. The van der Waals surface area contributed by atoms with Crippen LogP contribution in [0.5, 0.6) is 0 Å². The maximum atomic E-state index is 9.81. The number of hydrogen-bond acceptors (Lipinski definition) is 5. The number of hydrogen-bond donors (Lipinski definition) is 3. The van der Waals surface area contributed by atoms with Crippen LogP contribution in [-0.4, -0.2) is 52.9 Å². The summed E-state index contributed by atoms with van der Waals surface area (Å²) in [4.78, 5) is 0. The quantitative estimate of drug-likeness (QED) is 0.220. The van der Waals surface area contributed by atoms with Gasteiger partial charge in [-0.25, -0.2) is 0 Å². The molecule has 172 valence electrons. The van der Waals surface area contributed by atoms with Gasteiger partial charge in [0, 0.05) is 0 Å². The molecule has 1 fully saturated rings. The van der Waals surface area contributed by atoms with Crippen LogP contribution in [0.25, 0.3) is 0 Å². The second kappa shape index (κ2) is 18.2. The average molecular weight is 415 g/mol. The molecule has 5 nitrogen and oxygen atoms in total. The first-order valence-corrected chi connectivity index (χ1v) is 12.1. The molecule has 3 N–H and O–H groups in total. The predicted octanol–water partition coefficient (Wildman–Crippen LogP) is 4.87. The van der Waals surface area contributed by atoms with Crippen molar-refractivity contribution in [1.29, 1.82) is 0 Å². The van der Waals surface area contributed by atoms with Crippen LogP contribution in [0.1, 0.15) is 103 Å². The van der Waals surface area contributed by atoms with E-state index in [0.717, 1.165) is 6.42 Å². The fraction of sp³-hybridized carbons (Fsp3) is 0.917. The lowest BCUT2D eigenvalue weighted by Gasteiger charge is -2.34. The van der Waals surface area contributed by atoms with Crippen LogP contribution >= 0.6 is 0 Å². The molecule has 0 spiro atoms. The Morgan fingerprint density at radius 3 is 1.83 bits per heavy atom. The number of ether oxygens (including phenoxy) is 2. The van der Waals surface area contributed by atoms with E-state index in [4.69, 9.17) is 9.47 Å². The lowest BCUT2D eigenvalue weighted by molar-refractivity contribution is -0.195. The van der Waals surface area contributed by atoms with E-state index in [0.29, 0.717) is 0 Å². The molecule has 0 unspecified atom stereocenters. The minimum atomic E-state index is -1.17. The van der Waals surface area contributed by atoms with Gasteiger partial charge in [0.2, 0.25) is 0 Å². The highest BCUT2D eigenvalue weighted by molar-refractivity contribution is 4.87. The molecule has 1 saturated heterocycles. The molecule has 1 aliphatic heterocycles. The van der Waals surface area contributed by atoms with Gasteiger partial charge in [-0.05, 0) is 18.9 Å². The largest absolute Gasteiger partial charge is 0.499 e. The molecule has 4 atom stereocenters. The van der Waals surface area contributed by atoms with Crippen molar-refractivity contribution >= 4 is 0 Å². The van der Waals surface area contributed by atoms with Crippen molar-refractivity contribution in [3.8, 4) is 0 Å². The summed E-state index contributed by atoms with van der Waals surface area (Å²) in [5.41, 5.74) is 0. The van der Waals surface area contributed by atoms with Gasteiger partial charge in [0.05, 0.1) is 12.9 Å². The molecule has 0 aromatic heterocycles. The summed E-state index contributed by atoms with van der Waals surface area (Å²) in [7, 11) is 0. The van der Waals surface area contributed by atoms with E-state index in [1.807, 2.05) is 6.08 Å². The van der Waals surface area contributed by atoms with Crippen LogP contribution < -0.4 is 0 Å². The molecule has 29 heavy (non-hydrogen) atoms. The fourth-order valence-corrected chi connectivity index (χ4v) is 3.76. The summed E-state index contributed by atoms with van der Waals surface area (Å²) in [6, 6.07) is 0. The Bertz CT molecular complexity index is 387. The van der Waals surface area contributed by atoms with Gasteiger partial charge >= 0.3 is 0 Å². The van der Waals surface area contributed by atoms with Gasteiger partial charge < -0.3 is 24.8 Å².